The van der Waals surface area contributed by atoms with Gasteiger partial charge in [-0.25, -0.2) is 0 Å². The van der Waals surface area contributed by atoms with E-state index in [4.69, 9.17) is 10.5 Å². The Bertz CT molecular complexity index is 540. The second-order valence-corrected chi connectivity index (χ2v) is 5.06. The minimum atomic E-state index is 0.127. The van der Waals surface area contributed by atoms with Crippen LogP contribution in [0.2, 0.25) is 0 Å². The minimum absolute atomic E-state index is 0.127. The van der Waals surface area contributed by atoms with Crippen LogP contribution in [0, 0.1) is 0 Å². The van der Waals surface area contributed by atoms with Gasteiger partial charge in [0.2, 0.25) is 0 Å². The van der Waals surface area contributed by atoms with E-state index in [0.29, 0.717) is 0 Å². The van der Waals surface area contributed by atoms with E-state index in [9.17, 15) is 0 Å². The molecule has 0 radical (unpaired) electrons. The fraction of sp³-hybridized carbons (Fsp3) is 0.429. The minimum Gasteiger partial charge on any atom is -0.495 e. The second kappa shape index (κ2) is 3.77. The summed E-state index contributed by atoms with van der Waals surface area (Å²) in [5, 5.41) is 1.26. The predicted molar refractivity (Wildman–Crippen MR) is 69.3 cm³/mol. The maximum atomic E-state index is 6.13. The Morgan fingerprint density at radius 3 is 2.94 bits per heavy atom. The van der Waals surface area contributed by atoms with E-state index in [0.717, 1.165) is 24.1 Å². The zero-order chi connectivity index (χ0) is 11.9. The van der Waals surface area contributed by atoms with Gasteiger partial charge in [0, 0.05) is 17.1 Å². The molecule has 0 unspecified atom stereocenters. The molecule has 90 valence electrons. The van der Waals surface area contributed by atoms with Gasteiger partial charge in [-0.05, 0) is 37.3 Å². The first-order valence-electron chi connectivity index (χ1n) is 6.14. The molecule has 1 heterocycles. The van der Waals surface area contributed by atoms with Crippen LogP contribution in [0.15, 0.2) is 24.4 Å². The lowest BCUT2D eigenvalue weighted by molar-refractivity contribution is 0.419. The molecule has 3 nitrogen and oxygen atoms in total. The SMILES string of the molecule is COc1cccc2c(CCC3(N)CC3)c[nH]c12. The highest BCUT2D eigenvalue weighted by Gasteiger charge is 2.37. The van der Waals surface area contributed by atoms with Gasteiger partial charge in [0.1, 0.15) is 5.75 Å². The quantitative estimate of drug-likeness (QED) is 0.848. The Morgan fingerprint density at radius 1 is 1.41 bits per heavy atom. The van der Waals surface area contributed by atoms with Crippen molar-refractivity contribution >= 4 is 10.9 Å². The number of nitrogens with two attached hydrogens (primary N) is 1. The molecule has 1 fully saturated rings. The van der Waals surface area contributed by atoms with E-state index >= 15 is 0 Å². The molecule has 0 saturated heterocycles. The van der Waals surface area contributed by atoms with Gasteiger partial charge in [-0.2, -0.15) is 0 Å². The number of aromatic nitrogens is 1. The molecule has 1 saturated carbocycles. The van der Waals surface area contributed by atoms with E-state index in [1.54, 1.807) is 7.11 Å². The van der Waals surface area contributed by atoms with Crippen molar-refractivity contribution in [3.8, 4) is 5.75 Å². The van der Waals surface area contributed by atoms with Crippen LogP contribution in [-0.2, 0) is 6.42 Å². The van der Waals surface area contributed by atoms with Crippen molar-refractivity contribution in [1.82, 2.24) is 4.98 Å². The summed E-state index contributed by atoms with van der Waals surface area (Å²) in [6.07, 6.45) is 6.57. The standard InChI is InChI=1S/C14H18N2O/c1-17-12-4-2-3-11-10(9-16-13(11)12)5-6-14(15)7-8-14/h2-4,9,16H,5-8,15H2,1H3. The van der Waals surface area contributed by atoms with E-state index < -0.39 is 0 Å². The molecule has 1 aromatic heterocycles. The largest absolute Gasteiger partial charge is 0.495 e. The highest BCUT2D eigenvalue weighted by molar-refractivity contribution is 5.88. The molecule has 0 spiro atoms. The monoisotopic (exact) mass is 230 g/mol. The highest BCUT2D eigenvalue weighted by atomic mass is 16.5. The van der Waals surface area contributed by atoms with Gasteiger partial charge < -0.3 is 15.5 Å². The summed E-state index contributed by atoms with van der Waals surface area (Å²) in [5.41, 5.74) is 8.69. The molecule has 1 aromatic carbocycles. The Labute approximate surface area is 101 Å². The molecule has 3 N–H and O–H groups in total. The molecular weight excluding hydrogens is 212 g/mol. The van der Waals surface area contributed by atoms with Crippen molar-refractivity contribution in [2.45, 2.75) is 31.2 Å². The van der Waals surface area contributed by atoms with Gasteiger partial charge in [-0.1, -0.05) is 12.1 Å². The summed E-state index contributed by atoms with van der Waals surface area (Å²) < 4.78 is 5.34. The average molecular weight is 230 g/mol. The fourth-order valence-corrected chi connectivity index (χ4v) is 2.36. The van der Waals surface area contributed by atoms with E-state index in [1.165, 1.54) is 23.8 Å². The first kappa shape index (κ1) is 10.7. The molecule has 0 atom stereocenters. The van der Waals surface area contributed by atoms with Crippen molar-refractivity contribution < 1.29 is 4.74 Å². The highest BCUT2D eigenvalue weighted by Crippen LogP contribution is 2.37. The second-order valence-electron chi connectivity index (χ2n) is 5.06. The molecule has 3 rings (SSSR count). The van der Waals surface area contributed by atoms with Crippen molar-refractivity contribution in [3.05, 3.63) is 30.0 Å². The zero-order valence-electron chi connectivity index (χ0n) is 10.1. The lowest BCUT2D eigenvalue weighted by Gasteiger charge is -2.07. The molecule has 1 aliphatic rings. The van der Waals surface area contributed by atoms with E-state index in [2.05, 4.69) is 17.2 Å². The molecule has 1 aliphatic carbocycles. The zero-order valence-corrected chi connectivity index (χ0v) is 10.1. The number of rotatable bonds is 4. The number of aryl methyl sites for hydroxylation is 1. The maximum absolute atomic E-state index is 6.13. The fourth-order valence-electron chi connectivity index (χ4n) is 2.36. The lowest BCUT2D eigenvalue weighted by atomic mass is 10.0. The predicted octanol–water partition coefficient (Wildman–Crippen LogP) is 2.60. The third-order valence-electron chi connectivity index (χ3n) is 3.77. The van der Waals surface area contributed by atoms with E-state index in [1.807, 2.05) is 12.1 Å². The van der Waals surface area contributed by atoms with Crippen LogP contribution in [0.25, 0.3) is 10.9 Å². The molecule has 0 bridgehead atoms. The number of methoxy groups -OCH3 is 1. The van der Waals surface area contributed by atoms with Crippen LogP contribution in [0.4, 0.5) is 0 Å². The number of benzene rings is 1. The lowest BCUT2D eigenvalue weighted by Crippen LogP contribution is -2.21. The molecule has 3 heteroatoms. The number of hydrogen-bond donors (Lipinski definition) is 2. The third kappa shape index (κ3) is 1.91. The van der Waals surface area contributed by atoms with Crippen molar-refractivity contribution in [1.29, 1.82) is 0 Å². The molecule has 17 heavy (non-hydrogen) atoms. The maximum Gasteiger partial charge on any atom is 0.142 e. The summed E-state index contributed by atoms with van der Waals surface area (Å²) in [7, 11) is 1.70. The number of ether oxygens (including phenoxy) is 1. The Hall–Kier alpha value is -1.48. The van der Waals surface area contributed by atoms with Crippen LogP contribution >= 0.6 is 0 Å². The number of hydrogen-bond acceptors (Lipinski definition) is 2. The number of fused-ring (bicyclic) bond motifs is 1. The Morgan fingerprint density at radius 2 is 2.24 bits per heavy atom. The molecule has 0 amide bonds. The van der Waals surface area contributed by atoms with Crippen LogP contribution in [-0.4, -0.2) is 17.6 Å². The van der Waals surface area contributed by atoms with Crippen molar-refractivity contribution in [3.63, 3.8) is 0 Å². The molecular formula is C14H18N2O. The first-order valence-corrected chi connectivity index (χ1v) is 6.14. The first-order chi connectivity index (χ1) is 8.22. The normalized spacial score (nSPS) is 17.3. The summed E-state index contributed by atoms with van der Waals surface area (Å²) in [6.45, 7) is 0. The van der Waals surface area contributed by atoms with Gasteiger partial charge >= 0.3 is 0 Å². The van der Waals surface area contributed by atoms with Crippen molar-refractivity contribution in [2.75, 3.05) is 7.11 Å². The van der Waals surface area contributed by atoms with Crippen LogP contribution in [0.5, 0.6) is 5.75 Å². The van der Waals surface area contributed by atoms with Gasteiger partial charge in [0.05, 0.1) is 12.6 Å². The van der Waals surface area contributed by atoms with Gasteiger partial charge in [-0.15, -0.1) is 0 Å². The summed E-state index contributed by atoms with van der Waals surface area (Å²) in [4.78, 5) is 3.30. The Kier molecular flexibility index (Phi) is 2.37. The van der Waals surface area contributed by atoms with Gasteiger partial charge in [0.25, 0.3) is 0 Å². The number of para-hydroxylation sites is 1. The number of nitrogens with one attached hydrogen (secondary N) is 1. The van der Waals surface area contributed by atoms with Gasteiger partial charge in [0.15, 0.2) is 0 Å². The van der Waals surface area contributed by atoms with E-state index in [-0.39, 0.29) is 5.54 Å². The topological polar surface area (TPSA) is 51.0 Å². The Balaban J connectivity index is 1.89. The summed E-state index contributed by atoms with van der Waals surface area (Å²) in [5.74, 6) is 0.905. The van der Waals surface area contributed by atoms with Crippen LogP contribution in [0.3, 0.4) is 0 Å². The average Bonchev–Trinajstić information content (AvgIpc) is 2.93. The summed E-state index contributed by atoms with van der Waals surface area (Å²) >= 11 is 0. The third-order valence-corrected chi connectivity index (χ3v) is 3.77. The van der Waals surface area contributed by atoms with Crippen molar-refractivity contribution in [2.24, 2.45) is 5.73 Å². The molecule has 0 aliphatic heterocycles. The van der Waals surface area contributed by atoms with Crippen LogP contribution < -0.4 is 10.5 Å². The smallest absolute Gasteiger partial charge is 0.142 e. The van der Waals surface area contributed by atoms with Crippen LogP contribution in [0.1, 0.15) is 24.8 Å². The van der Waals surface area contributed by atoms with Gasteiger partial charge in [-0.3, -0.25) is 0 Å². The number of aromatic amines is 1. The molecule has 2 aromatic rings. The summed E-state index contributed by atoms with van der Waals surface area (Å²) in [6, 6.07) is 6.15. The number of H-pyrrole nitrogens is 1.